The molecule has 4 N–H and O–H groups in total. The average molecular weight is 454 g/mol. The number of halogens is 3. The molecule has 2 heterocycles. The van der Waals surface area contributed by atoms with Crippen LogP contribution in [0.1, 0.15) is 32.3 Å². The number of fused-ring (bicyclic) bond motifs is 1. The molecule has 4 rings (SSSR count). The van der Waals surface area contributed by atoms with Crippen molar-refractivity contribution < 1.29 is 22.6 Å². The second kappa shape index (κ2) is 8.90. The number of pyridine rings is 1. The van der Waals surface area contributed by atoms with E-state index in [2.05, 4.69) is 19.9 Å². The van der Waals surface area contributed by atoms with Gasteiger partial charge in [0.05, 0.1) is 18.9 Å². The van der Waals surface area contributed by atoms with E-state index in [4.69, 9.17) is 15.9 Å². The van der Waals surface area contributed by atoms with Gasteiger partial charge < -0.3 is 25.9 Å². The molecular formula is C22H30F3N5O2. The molecule has 0 amide bonds. The van der Waals surface area contributed by atoms with Crippen LogP contribution < -0.4 is 15.8 Å². The maximum absolute atomic E-state index is 12.6. The lowest BCUT2D eigenvalue weighted by Crippen LogP contribution is -2.43. The van der Waals surface area contributed by atoms with E-state index < -0.39 is 12.1 Å². The van der Waals surface area contributed by atoms with E-state index in [0.29, 0.717) is 23.8 Å². The van der Waals surface area contributed by atoms with E-state index in [1.807, 2.05) is 13.8 Å². The molecule has 2 saturated carbocycles. The monoisotopic (exact) mass is 453 g/mol. The second-order valence-corrected chi connectivity index (χ2v) is 9.09. The first-order valence-corrected chi connectivity index (χ1v) is 11.0. The van der Waals surface area contributed by atoms with Gasteiger partial charge >= 0.3 is 6.36 Å². The standard InChI is InChI=1S/C22H30F3N5O2/c1-12(2)29-18(20-15-8-14(9-16(15)20)30-3-5-31-6-4-30)10-17(26)13-7-19(21(27)28-11-13)32-22(23,24)25/h7,10-12,14-16,20,26,29H,3-6,8-9H2,1-2H3,(H2,27,28)/b18-10-,26-17?/t14-,15+,16-,20-. The summed E-state index contributed by atoms with van der Waals surface area (Å²) in [6, 6.07) is 1.89. The molecule has 1 aromatic heterocycles. The summed E-state index contributed by atoms with van der Waals surface area (Å²) in [5.41, 5.74) is 6.77. The van der Waals surface area contributed by atoms with Crippen molar-refractivity contribution in [2.75, 3.05) is 32.0 Å². The van der Waals surface area contributed by atoms with Crippen LogP contribution in [-0.4, -0.2) is 60.3 Å². The zero-order valence-corrected chi connectivity index (χ0v) is 18.3. The summed E-state index contributed by atoms with van der Waals surface area (Å²) in [5.74, 6) is 0.531. The number of hydrogen-bond acceptors (Lipinski definition) is 7. The van der Waals surface area contributed by atoms with E-state index in [0.717, 1.165) is 50.9 Å². The molecular weight excluding hydrogens is 423 g/mol. The zero-order chi connectivity index (χ0) is 23.0. The first-order chi connectivity index (χ1) is 15.1. The molecule has 32 heavy (non-hydrogen) atoms. The molecule has 176 valence electrons. The molecule has 2 aliphatic carbocycles. The molecule has 1 saturated heterocycles. The lowest BCUT2D eigenvalue weighted by atomic mass is 10.0. The number of nitrogen functional groups attached to an aromatic ring is 1. The fourth-order valence-corrected chi connectivity index (χ4v) is 5.13. The number of nitrogens with one attached hydrogen (secondary N) is 2. The Balaban J connectivity index is 1.47. The number of alkyl halides is 3. The van der Waals surface area contributed by atoms with Gasteiger partial charge in [-0.05, 0) is 50.7 Å². The Morgan fingerprint density at radius 3 is 2.56 bits per heavy atom. The molecule has 0 radical (unpaired) electrons. The Bertz CT molecular complexity index is 871. The Hall–Kier alpha value is -2.33. The van der Waals surface area contributed by atoms with Crippen LogP contribution in [0, 0.1) is 23.2 Å². The molecule has 3 fully saturated rings. The normalized spacial score (nSPS) is 28.5. The Labute approximate surface area is 185 Å². The third kappa shape index (κ3) is 5.17. The van der Waals surface area contributed by atoms with Gasteiger partial charge in [-0.15, -0.1) is 13.2 Å². The van der Waals surface area contributed by atoms with Gasteiger partial charge in [-0.1, -0.05) is 0 Å². The van der Waals surface area contributed by atoms with Crippen LogP contribution in [0.2, 0.25) is 0 Å². The van der Waals surface area contributed by atoms with Gasteiger partial charge in [0, 0.05) is 48.5 Å². The second-order valence-electron chi connectivity index (χ2n) is 9.09. The lowest BCUT2D eigenvalue weighted by Gasteiger charge is -2.33. The number of anilines is 1. The number of nitrogens with two attached hydrogens (primary N) is 1. The quantitative estimate of drug-likeness (QED) is 0.549. The summed E-state index contributed by atoms with van der Waals surface area (Å²) in [6.45, 7) is 7.63. The predicted molar refractivity (Wildman–Crippen MR) is 114 cm³/mol. The van der Waals surface area contributed by atoms with E-state index in [1.54, 1.807) is 6.08 Å². The Morgan fingerprint density at radius 2 is 1.97 bits per heavy atom. The Kier molecular flexibility index (Phi) is 6.35. The van der Waals surface area contributed by atoms with Crippen LogP contribution in [0.3, 0.4) is 0 Å². The number of morpholine rings is 1. The minimum absolute atomic E-state index is 0.0716. The molecule has 0 aromatic carbocycles. The minimum Gasteiger partial charge on any atom is -0.402 e. The summed E-state index contributed by atoms with van der Waals surface area (Å²) in [6.07, 6.45) is 0.405. The molecule has 1 aliphatic heterocycles. The van der Waals surface area contributed by atoms with Crippen molar-refractivity contribution in [3.05, 3.63) is 29.6 Å². The maximum atomic E-state index is 12.6. The minimum atomic E-state index is -4.88. The van der Waals surface area contributed by atoms with E-state index >= 15 is 0 Å². The SMILES string of the molecule is CC(C)N/C(=C\C(=N)c1cnc(N)c(OC(F)(F)F)c1)[C@H]1[C@@H]2C[C@H](N3CCOCC3)C[C@@H]21. The van der Waals surface area contributed by atoms with Crippen molar-refractivity contribution in [3.8, 4) is 5.75 Å². The van der Waals surface area contributed by atoms with Crippen molar-refractivity contribution in [3.63, 3.8) is 0 Å². The first kappa shape index (κ1) is 22.8. The van der Waals surface area contributed by atoms with Crippen LogP contribution in [0.5, 0.6) is 5.75 Å². The van der Waals surface area contributed by atoms with E-state index in [-0.39, 0.29) is 23.1 Å². The van der Waals surface area contributed by atoms with Gasteiger partial charge in [0.1, 0.15) is 0 Å². The molecule has 0 unspecified atom stereocenters. The first-order valence-electron chi connectivity index (χ1n) is 11.0. The highest BCUT2D eigenvalue weighted by Crippen LogP contribution is 2.61. The van der Waals surface area contributed by atoms with Gasteiger partial charge in [-0.3, -0.25) is 4.90 Å². The van der Waals surface area contributed by atoms with E-state index in [1.165, 1.54) is 6.20 Å². The van der Waals surface area contributed by atoms with Gasteiger partial charge in [0.25, 0.3) is 0 Å². The number of hydrogen-bond donors (Lipinski definition) is 3. The smallest absolute Gasteiger partial charge is 0.402 e. The van der Waals surface area contributed by atoms with E-state index in [9.17, 15) is 13.2 Å². The topological polar surface area (TPSA) is 96.5 Å². The molecule has 7 nitrogen and oxygen atoms in total. The van der Waals surface area contributed by atoms with Crippen molar-refractivity contribution in [2.24, 2.45) is 17.8 Å². The molecule has 0 spiro atoms. The third-order valence-corrected chi connectivity index (χ3v) is 6.51. The van der Waals surface area contributed by atoms with Crippen LogP contribution in [0.15, 0.2) is 24.0 Å². The molecule has 3 aliphatic rings. The highest BCUT2D eigenvalue weighted by atomic mass is 19.4. The van der Waals surface area contributed by atoms with Gasteiger partial charge in [0.2, 0.25) is 0 Å². The Morgan fingerprint density at radius 1 is 1.31 bits per heavy atom. The van der Waals surface area contributed by atoms with Crippen LogP contribution in [-0.2, 0) is 4.74 Å². The number of allylic oxidation sites excluding steroid dienone is 2. The third-order valence-electron chi connectivity index (χ3n) is 6.51. The molecule has 0 bridgehead atoms. The fraction of sp³-hybridized carbons (Fsp3) is 0.636. The fourth-order valence-electron chi connectivity index (χ4n) is 5.13. The highest BCUT2D eigenvalue weighted by molar-refractivity contribution is 6.07. The van der Waals surface area contributed by atoms with Crippen molar-refractivity contribution in [1.29, 1.82) is 5.41 Å². The van der Waals surface area contributed by atoms with Crippen molar-refractivity contribution in [2.45, 2.75) is 45.1 Å². The van der Waals surface area contributed by atoms with Gasteiger partial charge in [-0.2, -0.15) is 0 Å². The van der Waals surface area contributed by atoms with Crippen molar-refractivity contribution in [1.82, 2.24) is 15.2 Å². The van der Waals surface area contributed by atoms with Crippen molar-refractivity contribution >= 4 is 11.5 Å². The summed E-state index contributed by atoms with van der Waals surface area (Å²) in [7, 11) is 0. The number of nitrogens with zero attached hydrogens (tertiary/aromatic N) is 2. The summed E-state index contributed by atoms with van der Waals surface area (Å²) < 4.78 is 47.3. The zero-order valence-electron chi connectivity index (χ0n) is 18.3. The molecule has 1 aromatic rings. The summed E-state index contributed by atoms with van der Waals surface area (Å²) in [4.78, 5) is 6.30. The molecule has 4 atom stereocenters. The summed E-state index contributed by atoms with van der Waals surface area (Å²) >= 11 is 0. The number of aromatic nitrogens is 1. The summed E-state index contributed by atoms with van der Waals surface area (Å²) in [5, 5.41) is 11.9. The van der Waals surface area contributed by atoms with Gasteiger partial charge in [0.15, 0.2) is 11.6 Å². The van der Waals surface area contributed by atoms with Crippen LogP contribution in [0.4, 0.5) is 19.0 Å². The maximum Gasteiger partial charge on any atom is 0.573 e. The lowest BCUT2D eigenvalue weighted by molar-refractivity contribution is -0.274. The van der Waals surface area contributed by atoms with Crippen LogP contribution in [0.25, 0.3) is 0 Å². The molecule has 10 heteroatoms. The van der Waals surface area contributed by atoms with Crippen LogP contribution >= 0.6 is 0 Å². The van der Waals surface area contributed by atoms with Gasteiger partial charge in [-0.25, -0.2) is 4.98 Å². The number of rotatable bonds is 7. The average Bonchev–Trinajstić information content (AvgIpc) is 3.21. The predicted octanol–water partition coefficient (Wildman–Crippen LogP) is 3.17. The highest BCUT2D eigenvalue weighted by Gasteiger charge is 2.58. The number of ether oxygens (including phenoxy) is 2. The largest absolute Gasteiger partial charge is 0.573 e.